The Balaban J connectivity index is 1.85. The molecule has 1 amide bonds. The number of imidazole rings is 1. The van der Waals surface area contributed by atoms with Crippen LogP contribution in [0.25, 0.3) is 0 Å². The molecule has 0 bridgehead atoms. The molecule has 0 radical (unpaired) electrons. The van der Waals surface area contributed by atoms with Crippen LogP contribution in [0, 0.1) is 5.92 Å². The number of rotatable bonds is 8. The number of carboxylic acid groups (broad SMARTS) is 2. The first-order chi connectivity index (χ1) is 11.1. The highest BCUT2D eigenvalue weighted by molar-refractivity contribution is 5.70. The molecule has 1 aliphatic rings. The van der Waals surface area contributed by atoms with Gasteiger partial charge in [-0.1, -0.05) is 19.3 Å². The van der Waals surface area contributed by atoms with Gasteiger partial charge in [0.05, 0.1) is 17.9 Å². The number of hydrogen-bond donors (Lipinski definition) is 3. The summed E-state index contributed by atoms with van der Waals surface area (Å²) in [4.78, 5) is 26.1. The Hall–Kier alpha value is -2.05. The van der Waals surface area contributed by atoms with Crippen LogP contribution in [0.15, 0.2) is 12.5 Å². The van der Waals surface area contributed by atoms with E-state index in [-0.39, 0.29) is 6.54 Å². The molecule has 1 atom stereocenters. The van der Waals surface area contributed by atoms with Crippen molar-refractivity contribution in [2.24, 2.45) is 5.92 Å². The fourth-order valence-electron chi connectivity index (χ4n) is 3.17. The minimum absolute atomic E-state index is 0.273. The Kier molecular flexibility index (Phi) is 6.43. The first-order valence-electron chi connectivity index (χ1n) is 8.28. The summed E-state index contributed by atoms with van der Waals surface area (Å²) in [5.41, 5.74) is 0.800. The normalized spacial score (nSPS) is 16.9. The maximum absolute atomic E-state index is 11.4. The first-order valence-corrected chi connectivity index (χ1v) is 8.28. The number of hydrogen-bond acceptors (Lipinski definition) is 3. The van der Waals surface area contributed by atoms with Crippen molar-refractivity contribution in [2.45, 2.75) is 57.4 Å². The van der Waals surface area contributed by atoms with Crippen molar-refractivity contribution in [3.63, 3.8) is 0 Å². The average Bonchev–Trinajstić information content (AvgIpc) is 2.99. The Morgan fingerprint density at radius 1 is 1.30 bits per heavy atom. The molecule has 1 aromatic rings. The molecule has 7 nitrogen and oxygen atoms in total. The zero-order valence-electron chi connectivity index (χ0n) is 13.3. The van der Waals surface area contributed by atoms with E-state index in [0.29, 0.717) is 25.3 Å². The van der Waals surface area contributed by atoms with Gasteiger partial charge >= 0.3 is 12.1 Å². The van der Waals surface area contributed by atoms with E-state index in [4.69, 9.17) is 5.11 Å². The number of aliphatic carboxylic acids is 1. The molecule has 1 aromatic heterocycles. The molecule has 128 valence electrons. The van der Waals surface area contributed by atoms with Crippen LogP contribution in [0.4, 0.5) is 4.79 Å². The highest BCUT2D eigenvalue weighted by Crippen LogP contribution is 2.28. The molecule has 0 aromatic carbocycles. The highest BCUT2D eigenvalue weighted by Gasteiger charge is 2.20. The van der Waals surface area contributed by atoms with E-state index in [0.717, 1.165) is 5.69 Å². The number of aromatic nitrogens is 2. The molecule has 0 saturated heterocycles. The van der Waals surface area contributed by atoms with Crippen LogP contribution >= 0.6 is 0 Å². The third kappa shape index (κ3) is 5.58. The van der Waals surface area contributed by atoms with E-state index in [9.17, 15) is 14.7 Å². The molecule has 23 heavy (non-hydrogen) atoms. The lowest BCUT2D eigenvalue weighted by Gasteiger charge is -2.22. The quantitative estimate of drug-likeness (QED) is 0.638. The van der Waals surface area contributed by atoms with Gasteiger partial charge in [0.2, 0.25) is 0 Å². The lowest BCUT2D eigenvalue weighted by molar-refractivity contribution is -0.142. The molecule has 1 saturated carbocycles. The topological polar surface area (TPSA) is 104 Å². The van der Waals surface area contributed by atoms with Gasteiger partial charge < -0.3 is 20.1 Å². The van der Waals surface area contributed by atoms with Gasteiger partial charge in [-0.05, 0) is 25.7 Å². The van der Waals surface area contributed by atoms with E-state index in [1.54, 1.807) is 0 Å². The summed E-state index contributed by atoms with van der Waals surface area (Å²) in [5.74, 6) is -1.38. The second kappa shape index (κ2) is 8.55. The summed E-state index contributed by atoms with van der Waals surface area (Å²) >= 11 is 0. The monoisotopic (exact) mass is 323 g/mol. The smallest absolute Gasteiger partial charge is 0.404 e. The van der Waals surface area contributed by atoms with Crippen molar-refractivity contribution in [2.75, 3.05) is 6.54 Å². The van der Waals surface area contributed by atoms with Crippen LogP contribution in [0.5, 0.6) is 0 Å². The molecule has 3 N–H and O–H groups in total. The van der Waals surface area contributed by atoms with E-state index < -0.39 is 18.0 Å². The standard InChI is InChI=1S/C16H25N3O4/c20-15(21)12(5-4-8-17-16(22)23)9-13-10-19(11-18-13)14-6-2-1-3-7-14/h10-12,14,17H,1-9H2,(H,20,21)(H,22,23)/t12-/m0/s1. The summed E-state index contributed by atoms with van der Waals surface area (Å²) in [7, 11) is 0. The van der Waals surface area contributed by atoms with Gasteiger partial charge in [-0.2, -0.15) is 0 Å². The Morgan fingerprint density at radius 3 is 2.70 bits per heavy atom. The maximum Gasteiger partial charge on any atom is 0.404 e. The molecular formula is C16H25N3O4. The molecule has 0 unspecified atom stereocenters. The predicted octanol–water partition coefficient (Wildman–Crippen LogP) is 2.68. The van der Waals surface area contributed by atoms with Crippen molar-refractivity contribution in [1.82, 2.24) is 14.9 Å². The molecule has 0 spiro atoms. The van der Waals surface area contributed by atoms with Crippen LogP contribution in [-0.4, -0.2) is 38.4 Å². The van der Waals surface area contributed by atoms with Crippen LogP contribution in [-0.2, 0) is 11.2 Å². The van der Waals surface area contributed by atoms with Crippen molar-refractivity contribution in [1.29, 1.82) is 0 Å². The van der Waals surface area contributed by atoms with Crippen LogP contribution < -0.4 is 5.32 Å². The van der Waals surface area contributed by atoms with Gasteiger partial charge in [0.1, 0.15) is 0 Å². The van der Waals surface area contributed by atoms with Gasteiger partial charge in [0.25, 0.3) is 0 Å². The van der Waals surface area contributed by atoms with Crippen LogP contribution in [0.1, 0.15) is 56.7 Å². The molecule has 1 aliphatic carbocycles. The predicted molar refractivity (Wildman–Crippen MR) is 84.4 cm³/mol. The third-order valence-electron chi connectivity index (χ3n) is 4.46. The second-order valence-electron chi connectivity index (χ2n) is 6.22. The highest BCUT2D eigenvalue weighted by atomic mass is 16.4. The average molecular weight is 323 g/mol. The Morgan fingerprint density at radius 2 is 2.04 bits per heavy atom. The summed E-state index contributed by atoms with van der Waals surface area (Å²) < 4.78 is 2.12. The molecule has 1 heterocycles. The second-order valence-corrected chi connectivity index (χ2v) is 6.22. The van der Waals surface area contributed by atoms with E-state index in [2.05, 4.69) is 14.9 Å². The molecule has 0 aliphatic heterocycles. The van der Waals surface area contributed by atoms with E-state index in [1.165, 1.54) is 32.1 Å². The van der Waals surface area contributed by atoms with Crippen molar-refractivity contribution in [3.05, 3.63) is 18.2 Å². The first kappa shape index (κ1) is 17.3. The summed E-state index contributed by atoms with van der Waals surface area (Å²) in [6, 6.07) is 0.494. The van der Waals surface area contributed by atoms with Gasteiger partial charge in [-0.25, -0.2) is 9.78 Å². The van der Waals surface area contributed by atoms with Crippen LogP contribution in [0.2, 0.25) is 0 Å². The minimum atomic E-state index is -1.08. The summed E-state index contributed by atoms with van der Waals surface area (Å²) in [5, 5.41) is 20.1. The number of amides is 1. The van der Waals surface area contributed by atoms with Crippen LogP contribution in [0.3, 0.4) is 0 Å². The zero-order valence-corrected chi connectivity index (χ0v) is 13.3. The molecule has 2 rings (SSSR count). The Labute approximate surface area is 135 Å². The summed E-state index contributed by atoms with van der Waals surface area (Å²) in [6.07, 6.45) is 10.2. The number of nitrogens with zero attached hydrogens (tertiary/aromatic N) is 2. The van der Waals surface area contributed by atoms with Gasteiger partial charge in [-0.15, -0.1) is 0 Å². The number of carbonyl (C=O) groups is 2. The maximum atomic E-state index is 11.4. The SMILES string of the molecule is O=C(O)NCCC[C@@H](Cc1cn(C2CCCCC2)cn1)C(=O)O. The number of nitrogens with one attached hydrogen (secondary N) is 1. The fourth-order valence-corrected chi connectivity index (χ4v) is 3.17. The van der Waals surface area contributed by atoms with Crippen molar-refractivity contribution < 1.29 is 19.8 Å². The van der Waals surface area contributed by atoms with Gasteiger partial charge in [0, 0.05) is 25.2 Å². The molecular weight excluding hydrogens is 298 g/mol. The Bertz CT molecular complexity index is 523. The number of carboxylic acids is 1. The lowest BCUT2D eigenvalue weighted by atomic mass is 9.95. The van der Waals surface area contributed by atoms with Gasteiger partial charge in [-0.3, -0.25) is 4.79 Å². The fraction of sp³-hybridized carbons (Fsp3) is 0.688. The van der Waals surface area contributed by atoms with Crippen molar-refractivity contribution >= 4 is 12.1 Å². The third-order valence-corrected chi connectivity index (χ3v) is 4.46. The molecule has 7 heteroatoms. The van der Waals surface area contributed by atoms with E-state index >= 15 is 0 Å². The zero-order chi connectivity index (χ0) is 16.7. The largest absolute Gasteiger partial charge is 0.481 e. The van der Waals surface area contributed by atoms with Gasteiger partial charge in [0.15, 0.2) is 0 Å². The van der Waals surface area contributed by atoms with E-state index in [1.807, 2.05) is 12.5 Å². The lowest BCUT2D eigenvalue weighted by Crippen LogP contribution is -2.24. The van der Waals surface area contributed by atoms with Crippen molar-refractivity contribution in [3.8, 4) is 0 Å². The summed E-state index contributed by atoms with van der Waals surface area (Å²) in [6.45, 7) is 0.273. The minimum Gasteiger partial charge on any atom is -0.481 e. The molecule has 1 fully saturated rings.